The monoisotopic (exact) mass is 276 g/mol. The fourth-order valence-electron chi connectivity index (χ4n) is 1.16. The Balaban J connectivity index is 2.62. The van der Waals surface area contributed by atoms with Gasteiger partial charge in [-0.05, 0) is 24.8 Å². The first-order valence-corrected chi connectivity index (χ1v) is 7.67. The van der Waals surface area contributed by atoms with Crippen LogP contribution in [0, 0.1) is 0 Å². The van der Waals surface area contributed by atoms with E-state index in [2.05, 4.69) is 10.0 Å². The van der Waals surface area contributed by atoms with Crippen LogP contribution in [0.1, 0.15) is 20.3 Å². The number of hydrogen-bond donors (Lipinski definition) is 2. The average Bonchev–Trinajstić information content (AvgIpc) is 2.79. The van der Waals surface area contributed by atoms with Gasteiger partial charge in [0.15, 0.2) is 0 Å². The Kier molecular flexibility index (Phi) is 5.10. The van der Waals surface area contributed by atoms with Crippen molar-refractivity contribution in [2.24, 2.45) is 0 Å². The van der Waals surface area contributed by atoms with E-state index in [0.717, 1.165) is 17.8 Å². The molecule has 0 aliphatic heterocycles. The summed E-state index contributed by atoms with van der Waals surface area (Å²) in [6, 6.07) is 2.39. The van der Waals surface area contributed by atoms with E-state index < -0.39 is 16.1 Å². The molecule has 1 atom stereocenters. The topological polar surface area (TPSA) is 75.3 Å². The number of thiophene rings is 1. The van der Waals surface area contributed by atoms with Crippen molar-refractivity contribution in [3.8, 4) is 0 Å². The summed E-state index contributed by atoms with van der Waals surface area (Å²) in [6.07, 6.45) is 0.816. The number of rotatable bonds is 6. The molecule has 1 unspecified atom stereocenters. The second kappa shape index (κ2) is 6.13. The van der Waals surface area contributed by atoms with Gasteiger partial charge >= 0.3 is 0 Å². The van der Waals surface area contributed by atoms with Gasteiger partial charge in [-0.1, -0.05) is 13.0 Å². The van der Waals surface area contributed by atoms with Crippen LogP contribution in [0.25, 0.3) is 0 Å². The number of carbonyl (C=O) groups is 1. The molecule has 1 amide bonds. The Bertz CT molecular complexity index is 454. The summed E-state index contributed by atoms with van der Waals surface area (Å²) in [5, 5.41) is 4.31. The maximum absolute atomic E-state index is 11.8. The van der Waals surface area contributed by atoms with Crippen molar-refractivity contribution in [2.45, 2.75) is 30.5 Å². The van der Waals surface area contributed by atoms with E-state index in [0.29, 0.717) is 6.54 Å². The molecule has 0 fully saturated rings. The number of hydrogen-bond acceptors (Lipinski definition) is 4. The summed E-state index contributed by atoms with van der Waals surface area (Å²) in [7, 11) is -3.58. The first-order valence-electron chi connectivity index (χ1n) is 5.31. The molecule has 1 aromatic heterocycles. The van der Waals surface area contributed by atoms with Crippen molar-refractivity contribution in [1.29, 1.82) is 0 Å². The number of carbonyl (C=O) groups excluding carboxylic acids is 1. The minimum Gasteiger partial charge on any atom is -0.355 e. The molecule has 0 radical (unpaired) electrons. The van der Waals surface area contributed by atoms with Crippen molar-refractivity contribution < 1.29 is 13.2 Å². The van der Waals surface area contributed by atoms with E-state index in [1.54, 1.807) is 11.4 Å². The van der Waals surface area contributed by atoms with Crippen molar-refractivity contribution in [3.05, 3.63) is 17.5 Å². The third kappa shape index (κ3) is 4.10. The highest BCUT2D eigenvalue weighted by Crippen LogP contribution is 2.15. The molecule has 17 heavy (non-hydrogen) atoms. The van der Waals surface area contributed by atoms with Gasteiger partial charge in [0.05, 0.1) is 6.04 Å². The number of amides is 1. The molecule has 0 aliphatic carbocycles. The normalized spacial score (nSPS) is 13.3. The summed E-state index contributed by atoms with van der Waals surface area (Å²) >= 11 is 1.12. The highest BCUT2D eigenvalue weighted by molar-refractivity contribution is 7.91. The van der Waals surface area contributed by atoms with Crippen molar-refractivity contribution in [1.82, 2.24) is 10.0 Å². The van der Waals surface area contributed by atoms with Gasteiger partial charge in [-0.3, -0.25) is 4.79 Å². The van der Waals surface area contributed by atoms with E-state index in [-0.39, 0.29) is 10.1 Å². The van der Waals surface area contributed by atoms with Crippen LogP contribution in [0.15, 0.2) is 21.7 Å². The van der Waals surface area contributed by atoms with Crippen LogP contribution in [-0.4, -0.2) is 26.9 Å². The highest BCUT2D eigenvalue weighted by atomic mass is 32.2. The van der Waals surface area contributed by atoms with Gasteiger partial charge < -0.3 is 5.32 Å². The average molecular weight is 276 g/mol. The Morgan fingerprint density at radius 2 is 2.24 bits per heavy atom. The van der Waals surface area contributed by atoms with Gasteiger partial charge in [0, 0.05) is 6.54 Å². The summed E-state index contributed by atoms with van der Waals surface area (Å²) < 4.78 is 26.2. The second-order valence-electron chi connectivity index (χ2n) is 3.57. The molecule has 5 nitrogen and oxygen atoms in total. The molecule has 96 valence electrons. The molecule has 1 aromatic rings. The molecule has 0 saturated carbocycles. The number of nitrogens with one attached hydrogen (secondary N) is 2. The smallest absolute Gasteiger partial charge is 0.250 e. The zero-order valence-corrected chi connectivity index (χ0v) is 11.4. The van der Waals surface area contributed by atoms with Gasteiger partial charge in [0.2, 0.25) is 5.91 Å². The van der Waals surface area contributed by atoms with E-state index in [4.69, 9.17) is 0 Å². The lowest BCUT2D eigenvalue weighted by Gasteiger charge is -2.13. The molecule has 7 heteroatoms. The largest absolute Gasteiger partial charge is 0.355 e. The lowest BCUT2D eigenvalue weighted by atomic mass is 10.3. The molecular formula is C10H16N2O3S2. The standard InChI is InChI=1S/C10H16N2O3S2/c1-3-6-11-10(13)8(2)12-17(14,15)9-5-4-7-16-9/h4-5,7-8,12H,3,6H2,1-2H3,(H,11,13). The molecule has 2 N–H and O–H groups in total. The summed E-state index contributed by atoms with van der Waals surface area (Å²) in [5.41, 5.74) is 0. The van der Waals surface area contributed by atoms with Gasteiger partial charge in [0.1, 0.15) is 4.21 Å². The zero-order chi connectivity index (χ0) is 12.9. The van der Waals surface area contributed by atoms with Crippen LogP contribution in [0.3, 0.4) is 0 Å². The maximum Gasteiger partial charge on any atom is 0.250 e. The molecule has 1 rings (SSSR count). The lowest BCUT2D eigenvalue weighted by molar-refractivity contribution is -0.122. The minimum atomic E-state index is -3.58. The van der Waals surface area contributed by atoms with Crippen LogP contribution in [0.2, 0.25) is 0 Å². The van der Waals surface area contributed by atoms with Gasteiger partial charge in [-0.25, -0.2) is 8.42 Å². The first-order chi connectivity index (χ1) is 7.97. The van der Waals surface area contributed by atoms with Crippen molar-refractivity contribution >= 4 is 27.3 Å². The van der Waals surface area contributed by atoms with E-state index >= 15 is 0 Å². The molecule has 0 aromatic carbocycles. The van der Waals surface area contributed by atoms with Gasteiger partial charge in [0.25, 0.3) is 10.0 Å². The Morgan fingerprint density at radius 3 is 2.76 bits per heavy atom. The molecule has 0 saturated heterocycles. The third-order valence-corrected chi connectivity index (χ3v) is 4.97. The first kappa shape index (κ1) is 14.1. The van der Waals surface area contributed by atoms with E-state index in [9.17, 15) is 13.2 Å². The molecule has 0 aliphatic rings. The van der Waals surface area contributed by atoms with Crippen molar-refractivity contribution in [3.63, 3.8) is 0 Å². The summed E-state index contributed by atoms with van der Waals surface area (Å²) in [5.74, 6) is -0.313. The Hall–Kier alpha value is -0.920. The Labute approximate surface area is 105 Å². The van der Waals surface area contributed by atoms with Crippen LogP contribution in [-0.2, 0) is 14.8 Å². The van der Waals surface area contributed by atoms with E-state index in [1.165, 1.54) is 13.0 Å². The summed E-state index contributed by atoms with van der Waals surface area (Å²) in [6.45, 7) is 4.00. The zero-order valence-electron chi connectivity index (χ0n) is 9.76. The van der Waals surface area contributed by atoms with Gasteiger partial charge in [-0.15, -0.1) is 11.3 Å². The van der Waals surface area contributed by atoms with Crippen LogP contribution in [0.5, 0.6) is 0 Å². The van der Waals surface area contributed by atoms with Crippen LogP contribution >= 0.6 is 11.3 Å². The molecule has 1 heterocycles. The Morgan fingerprint density at radius 1 is 1.53 bits per heavy atom. The van der Waals surface area contributed by atoms with Crippen LogP contribution in [0.4, 0.5) is 0 Å². The fourth-order valence-corrected chi connectivity index (χ4v) is 3.37. The van der Waals surface area contributed by atoms with Gasteiger partial charge in [-0.2, -0.15) is 4.72 Å². The minimum absolute atomic E-state index is 0.215. The molecule has 0 bridgehead atoms. The third-order valence-electron chi connectivity index (χ3n) is 2.03. The maximum atomic E-state index is 11.8. The molecule has 0 spiro atoms. The highest BCUT2D eigenvalue weighted by Gasteiger charge is 2.22. The predicted octanol–water partition coefficient (Wildman–Crippen LogP) is 0.941. The summed E-state index contributed by atoms with van der Waals surface area (Å²) in [4.78, 5) is 11.5. The van der Waals surface area contributed by atoms with Crippen molar-refractivity contribution in [2.75, 3.05) is 6.54 Å². The number of sulfonamides is 1. The second-order valence-corrected chi connectivity index (χ2v) is 6.45. The quantitative estimate of drug-likeness (QED) is 0.812. The van der Waals surface area contributed by atoms with Crippen LogP contribution < -0.4 is 10.0 Å². The SMILES string of the molecule is CCCNC(=O)C(C)NS(=O)(=O)c1cccs1. The predicted molar refractivity (Wildman–Crippen MR) is 67.4 cm³/mol. The lowest BCUT2D eigenvalue weighted by Crippen LogP contribution is -2.44. The molecular weight excluding hydrogens is 260 g/mol. The fraction of sp³-hybridized carbons (Fsp3) is 0.500. The van der Waals surface area contributed by atoms with E-state index in [1.807, 2.05) is 6.92 Å².